The molecule has 425 valence electrons. The number of hydrogen-bond acceptors (Lipinski definition) is 10. The molecule has 10 nitrogen and oxygen atoms in total. The number of hydrogen-bond donors (Lipinski definition) is 5. The van der Waals surface area contributed by atoms with E-state index in [9.17, 15) is 8.78 Å². The van der Waals surface area contributed by atoms with Crippen molar-refractivity contribution < 1.29 is 39.5 Å². The van der Waals surface area contributed by atoms with Gasteiger partial charge in [-0.2, -0.15) is 0 Å². The van der Waals surface area contributed by atoms with Crippen LogP contribution in [0.25, 0.3) is 0 Å². The van der Waals surface area contributed by atoms with E-state index in [4.69, 9.17) is 0 Å². The Hall–Kier alpha value is -5.87. The predicted molar refractivity (Wildman–Crippen MR) is 292 cm³/mol. The average molecular weight is 1100 g/mol. The number of nitrogens with zero attached hydrogens (tertiary/aromatic N) is 5. The third-order valence-electron chi connectivity index (χ3n) is 15.6. The molecule has 5 N–H and O–H groups in total. The minimum atomic E-state index is -1.56. The quantitative estimate of drug-likeness (QED) is 0.0255. The molecule has 0 bridgehead atoms. The molecule has 5 unspecified atom stereocenters. The summed E-state index contributed by atoms with van der Waals surface area (Å²) in [6.45, 7) is 1.02. The molecule has 0 aliphatic carbocycles. The maximum Gasteiger partial charge on any atom is 0.147 e. The Bertz CT molecular complexity index is 2980. The molecule has 1 fully saturated rings. The maximum absolute atomic E-state index is 16.6. The van der Waals surface area contributed by atoms with Gasteiger partial charge in [0.15, 0.2) is 0 Å². The van der Waals surface area contributed by atoms with Crippen molar-refractivity contribution in [3.63, 3.8) is 0 Å². The van der Waals surface area contributed by atoms with E-state index in [2.05, 4.69) is 37.6 Å². The average Bonchev–Trinajstić information content (AvgIpc) is 4.03. The van der Waals surface area contributed by atoms with Gasteiger partial charge in [-0.25, -0.2) is 39.5 Å². The molecule has 6 aromatic carbocycles. The molecule has 1 saturated heterocycles. The highest BCUT2D eigenvalue weighted by molar-refractivity contribution is 5.46. The van der Waals surface area contributed by atoms with Gasteiger partial charge in [-0.15, -0.1) is 0 Å². The molecular formula is C60H72F9N10. The number of anilines is 1. The minimum absolute atomic E-state index is 0.00735. The lowest BCUT2D eigenvalue weighted by atomic mass is 9.89. The summed E-state index contributed by atoms with van der Waals surface area (Å²) in [6, 6.07) is 28.1. The van der Waals surface area contributed by atoms with Crippen molar-refractivity contribution in [1.82, 2.24) is 45.8 Å². The van der Waals surface area contributed by atoms with Crippen LogP contribution < -0.4 is 26.6 Å². The van der Waals surface area contributed by atoms with Gasteiger partial charge in [-0.1, -0.05) is 36.4 Å². The second kappa shape index (κ2) is 26.2. The molecule has 7 rings (SSSR count). The van der Waals surface area contributed by atoms with Crippen molar-refractivity contribution in [2.45, 2.75) is 54.4 Å². The Morgan fingerprint density at radius 2 is 1.03 bits per heavy atom. The number of nitrogens with one attached hydrogen (secondary N) is 5. The van der Waals surface area contributed by atoms with E-state index in [1.165, 1.54) is 36.4 Å². The highest BCUT2D eigenvalue weighted by Crippen LogP contribution is 2.38. The lowest BCUT2D eigenvalue weighted by molar-refractivity contribution is 0.0265. The highest BCUT2D eigenvalue weighted by atomic mass is 19.2. The van der Waals surface area contributed by atoms with E-state index >= 15 is 30.7 Å². The molecule has 5 atom stereocenters. The maximum atomic E-state index is 16.6. The Morgan fingerprint density at radius 3 is 1.59 bits per heavy atom. The van der Waals surface area contributed by atoms with Crippen molar-refractivity contribution in [3.05, 3.63) is 208 Å². The lowest BCUT2D eigenvalue weighted by Crippen LogP contribution is -2.65. The Labute approximate surface area is 459 Å². The molecule has 0 saturated carbocycles. The number of likely N-dealkylation sites (tertiary alicyclic amines) is 1. The van der Waals surface area contributed by atoms with E-state index < -0.39 is 81.0 Å². The molecule has 1 radical (unpaired) electrons. The number of likely N-dealkylation sites (N-methyl/N-ethyl adjacent to an activating group) is 2. The molecule has 0 spiro atoms. The second-order valence-electron chi connectivity index (χ2n) is 21.1. The molecule has 0 aromatic heterocycles. The third-order valence-corrected chi connectivity index (χ3v) is 15.6. The van der Waals surface area contributed by atoms with Crippen LogP contribution in [0.4, 0.5) is 45.2 Å². The molecule has 79 heavy (non-hydrogen) atoms. The Kier molecular flexibility index (Phi) is 20.1. The zero-order valence-corrected chi connectivity index (χ0v) is 46.0. The van der Waals surface area contributed by atoms with Gasteiger partial charge in [0.1, 0.15) is 69.3 Å². The van der Waals surface area contributed by atoms with Crippen LogP contribution in [0.3, 0.4) is 0 Å². The van der Waals surface area contributed by atoms with Crippen LogP contribution in [0.2, 0.25) is 0 Å². The van der Waals surface area contributed by atoms with Gasteiger partial charge in [-0.3, -0.25) is 40.9 Å². The SMILES string of the molecule is CN(C)C(CNC(CNC(CCNC(CCNC(CNc1cc(F)[c]cc1F)(c1cccc(F)c1)N1CCCC1)(c1cc(F)ccc1F)N(C)C)(c1cccc(F)c1)N(C)C)(c1cc(F)ccc1F)N(C)C)c1cccc(F)c1. The fourth-order valence-electron chi connectivity index (χ4n) is 11.2. The zero-order chi connectivity index (χ0) is 57.3. The van der Waals surface area contributed by atoms with Crippen LogP contribution in [-0.4, -0.2) is 127 Å². The van der Waals surface area contributed by atoms with Gasteiger partial charge in [-0.05, 0) is 178 Å². The van der Waals surface area contributed by atoms with Crippen molar-refractivity contribution in [2.24, 2.45) is 0 Å². The molecule has 0 amide bonds. The summed E-state index contributed by atoms with van der Waals surface area (Å²) in [5.41, 5.74) is -4.40. The normalized spacial score (nSPS) is 16.8. The van der Waals surface area contributed by atoms with Crippen LogP contribution in [0.1, 0.15) is 59.5 Å². The monoisotopic (exact) mass is 1100 g/mol. The van der Waals surface area contributed by atoms with E-state index in [1.807, 2.05) is 23.9 Å². The second-order valence-corrected chi connectivity index (χ2v) is 21.1. The standard InChI is InChI=1S/C60H72F9N10/c1-75(2)56(41-14-11-17-44(61)32-41)38-73-60(78(7)8,51-36-48(65)21-24-53(51)68)40-74-57(76(3)4,42-15-12-18-45(62)33-42)26-28-71-58(77(5)6,50-35-47(64)20-23-52(50)67)27-29-72-59(79-30-9-10-31-79,43-16-13-19-46(63)34-43)39-70-55-37-49(66)22-25-54(55)69/h11-21,23-25,32-37,56,70-74H,9-10,26-31,38-40H2,1-8H3. The minimum Gasteiger partial charge on any atom is -0.379 e. The van der Waals surface area contributed by atoms with Gasteiger partial charge >= 0.3 is 0 Å². The van der Waals surface area contributed by atoms with Crippen LogP contribution in [0.15, 0.2) is 121 Å². The summed E-state index contributed by atoms with van der Waals surface area (Å²) >= 11 is 0. The molecular weight excluding hydrogens is 1030 g/mol. The largest absolute Gasteiger partial charge is 0.379 e. The number of benzene rings is 6. The first-order valence-corrected chi connectivity index (χ1v) is 26.3. The fourth-order valence-corrected chi connectivity index (χ4v) is 11.2. The van der Waals surface area contributed by atoms with Gasteiger partial charge < -0.3 is 10.2 Å². The molecule has 19 heteroatoms. The summed E-state index contributed by atoms with van der Waals surface area (Å²) in [5, 5.41) is 17.5. The molecule has 1 heterocycles. The molecule has 1 aliphatic heterocycles. The van der Waals surface area contributed by atoms with Gasteiger partial charge in [0.25, 0.3) is 0 Å². The highest BCUT2D eigenvalue weighted by Gasteiger charge is 2.46. The first kappa shape index (κ1) is 60.8. The smallest absolute Gasteiger partial charge is 0.147 e. The van der Waals surface area contributed by atoms with Crippen LogP contribution >= 0.6 is 0 Å². The van der Waals surface area contributed by atoms with Crippen molar-refractivity contribution in [3.8, 4) is 0 Å². The summed E-state index contributed by atoms with van der Waals surface area (Å²) in [5.74, 6) is -5.93. The third kappa shape index (κ3) is 13.7. The summed E-state index contributed by atoms with van der Waals surface area (Å²) in [4.78, 5) is 9.25. The van der Waals surface area contributed by atoms with Crippen molar-refractivity contribution in [2.75, 3.05) is 108 Å². The van der Waals surface area contributed by atoms with E-state index in [-0.39, 0.29) is 62.4 Å². The lowest BCUT2D eigenvalue weighted by Gasteiger charge is -2.49. The summed E-state index contributed by atoms with van der Waals surface area (Å²) in [6.07, 6.45) is 1.67. The first-order valence-electron chi connectivity index (χ1n) is 26.3. The fraction of sp³-hybridized carbons (Fsp3) is 0.400. The summed E-state index contributed by atoms with van der Waals surface area (Å²) in [7, 11) is 14.0. The van der Waals surface area contributed by atoms with Gasteiger partial charge in [0.05, 0.1) is 17.9 Å². The number of rotatable bonds is 27. The predicted octanol–water partition coefficient (Wildman–Crippen LogP) is 9.78. The summed E-state index contributed by atoms with van der Waals surface area (Å²) < 4.78 is 140. The van der Waals surface area contributed by atoms with Crippen molar-refractivity contribution >= 4 is 5.69 Å². The zero-order valence-electron chi connectivity index (χ0n) is 46.0. The first-order chi connectivity index (χ1) is 37.6. The van der Waals surface area contributed by atoms with Gasteiger partial charge in [0.2, 0.25) is 0 Å². The van der Waals surface area contributed by atoms with E-state index in [1.54, 1.807) is 88.5 Å². The molecule has 1 aliphatic rings. The van der Waals surface area contributed by atoms with Crippen molar-refractivity contribution in [1.29, 1.82) is 0 Å². The Balaban J connectivity index is 1.29. The van der Waals surface area contributed by atoms with Crippen LogP contribution in [0, 0.1) is 58.4 Å². The molecule has 6 aromatic rings. The topological polar surface area (TPSA) is 76.3 Å². The van der Waals surface area contributed by atoms with E-state index in [0.717, 1.165) is 61.4 Å². The Morgan fingerprint density at radius 1 is 0.506 bits per heavy atom. The van der Waals surface area contributed by atoms with Crippen LogP contribution in [0.5, 0.6) is 0 Å². The van der Waals surface area contributed by atoms with Crippen LogP contribution in [-0.2, 0) is 22.7 Å². The van der Waals surface area contributed by atoms with Gasteiger partial charge in [0, 0.05) is 68.6 Å². The number of halogens is 9. The van der Waals surface area contributed by atoms with E-state index in [0.29, 0.717) is 29.8 Å².